The second-order valence-corrected chi connectivity index (χ2v) is 9.13. The Morgan fingerprint density at radius 3 is 2.71 bits per heavy atom. The average molecular weight is 368 g/mol. The molecule has 0 bridgehead atoms. The third-order valence-corrected chi connectivity index (χ3v) is 5.32. The molecule has 2 aromatic rings. The molecule has 1 aliphatic carbocycles. The maximum Gasteiger partial charge on any atom is 0.144 e. The third-order valence-electron chi connectivity index (χ3n) is 3.41. The first-order valence-electron chi connectivity index (χ1n) is 7.00. The molecule has 0 unspecified atom stereocenters. The van der Waals surface area contributed by atoms with Gasteiger partial charge in [-0.25, -0.2) is 8.72 Å². The van der Waals surface area contributed by atoms with Gasteiger partial charge in [0.1, 0.15) is 21.3 Å². The molecule has 0 amide bonds. The van der Waals surface area contributed by atoms with Crippen molar-refractivity contribution in [3.8, 4) is 0 Å². The molecule has 0 aliphatic heterocycles. The van der Waals surface area contributed by atoms with Crippen LogP contribution in [-0.2, 0) is 11.0 Å². The monoisotopic (exact) mass is 367 g/mol. The van der Waals surface area contributed by atoms with E-state index in [-0.39, 0.29) is 4.75 Å². The summed E-state index contributed by atoms with van der Waals surface area (Å²) in [5.41, 5.74) is 3.12. The molecule has 4 nitrogen and oxygen atoms in total. The second-order valence-electron chi connectivity index (χ2n) is 6.39. The normalized spacial score (nSPS) is 17.7. The van der Waals surface area contributed by atoms with Crippen LogP contribution in [0.4, 0.5) is 0 Å². The third kappa shape index (κ3) is 3.26. The maximum atomic E-state index is 11.9. The number of fused-ring (bicyclic) bond motifs is 1. The van der Waals surface area contributed by atoms with Crippen molar-refractivity contribution in [3.63, 3.8) is 0 Å². The number of aromatic nitrogens is 2. The van der Waals surface area contributed by atoms with Crippen molar-refractivity contribution >= 4 is 38.6 Å². The fourth-order valence-electron chi connectivity index (χ4n) is 2.08. The van der Waals surface area contributed by atoms with Crippen LogP contribution < -0.4 is 0 Å². The van der Waals surface area contributed by atoms with E-state index in [1.807, 2.05) is 31.4 Å². The smallest absolute Gasteiger partial charge is 0.144 e. The summed E-state index contributed by atoms with van der Waals surface area (Å²) in [5.74, 6) is 0.701. The molecule has 1 atom stereocenters. The lowest BCUT2D eigenvalue weighted by molar-refractivity contribution is 0.651. The van der Waals surface area contributed by atoms with E-state index in [1.54, 1.807) is 6.21 Å². The van der Waals surface area contributed by atoms with Crippen LogP contribution in [0.3, 0.4) is 0 Å². The van der Waals surface area contributed by atoms with Gasteiger partial charge in [0.2, 0.25) is 0 Å². The van der Waals surface area contributed by atoms with Gasteiger partial charge in [-0.05, 0) is 79.2 Å². The highest BCUT2D eigenvalue weighted by Gasteiger charge is 2.24. The quantitative estimate of drug-likeness (QED) is 0.610. The summed E-state index contributed by atoms with van der Waals surface area (Å²) in [6.45, 7) is 5.72. The Bertz CT molecular complexity index is 741. The number of rotatable bonds is 3. The van der Waals surface area contributed by atoms with Crippen molar-refractivity contribution < 1.29 is 4.21 Å². The number of nitrogens with zero attached hydrogens (tertiary/aromatic N) is 3. The number of hydrogen-bond donors (Lipinski definition) is 0. The Labute approximate surface area is 135 Å². The van der Waals surface area contributed by atoms with Crippen LogP contribution in [0.15, 0.2) is 27.2 Å². The van der Waals surface area contributed by atoms with Crippen molar-refractivity contribution in [2.75, 3.05) is 0 Å². The number of hydrogen-bond acceptors (Lipinski definition) is 2. The lowest BCUT2D eigenvalue weighted by Crippen LogP contribution is -2.19. The maximum absolute atomic E-state index is 11.9. The molecule has 0 aromatic carbocycles. The van der Waals surface area contributed by atoms with Crippen LogP contribution in [0.25, 0.3) is 5.52 Å². The van der Waals surface area contributed by atoms with Crippen molar-refractivity contribution in [1.82, 2.24) is 9.61 Å². The Hall–Kier alpha value is -1.01. The van der Waals surface area contributed by atoms with E-state index in [0.29, 0.717) is 5.92 Å². The van der Waals surface area contributed by atoms with E-state index in [2.05, 4.69) is 37.6 Å². The first kappa shape index (κ1) is 14.9. The van der Waals surface area contributed by atoms with E-state index in [9.17, 15) is 4.21 Å². The van der Waals surface area contributed by atoms with Gasteiger partial charge in [0, 0.05) is 0 Å². The van der Waals surface area contributed by atoms with Crippen molar-refractivity contribution in [3.05, 3.63) is 34.1 Å². The van der Waals surface area contributed by atoms with E-state index in [1.165, 1.54) is 18.4 Å². The molecular weight excluding hydrogens is 350 g/mol. The Balaban J connectivity index is 1.92. The molecule has 6 heteroatoms. The topological polar surface area (TPSA) is 46.7 Å². The Kier molecular flexibility index (Phi) is 3.78. The summed E-state index contributed by atoms with van der Waals surface area (Å²) in [7, 11) is -1.26. The fraction of sp³-hybridized carbons (Fsp3) is 0.467. The summed E-state index contributed by atoms with van der Waals surface area (Å²) >= 11 is 3.56. The molecule has 2 aromatic heterocycles. The predicted octanol–water partition coefficient (Wildman–Crippen LogP) is 3.86. The highest BCUT2D eigenvalue weighted by molar-refractivity contribution is 9.10. The van der Waals surface area contributed by atoms with Gasteiger partial charge in [0.15, 0.2) is 0 Å². The second kappa shape index (κ2) is 5.32. The molecule has 0 spiro atoms. The standard InChI is InChI=1S/C15H18BrN3OS/c1-15(2,3)21(20)17-9-12-8-13-6-11(10-4-5-10)7-14(16)19(13)18-12/h6-10H,4-5H2,1-3H3/t21-/m1/s1. The molecular formula is C15H18BrN3OS. The Morgan fingerprint density at radius 2 is 2.10 bits per heavy atom. The van der Waals surface area contributed by atoms with Crippen molar-refractivity contribution in [1.29, 1.82) is 0 Å². The van der Waals surface area contributed by atoms with Crippen molar-refractivity contribution in [2.24, 2.45) is 4.40 Å². The predicted molar refractivity (Wildman–Crippen MR) is 90.4 cm³/mol. The molecule has 1 fully saturated rings. The van der Waals surface area contributed by atoms with Crippen LogP contribution in [-0.4, -0.2) is 24.8 Å². The average Bonchev–Trinajstić information content (AvgIpc) is 3.15. The molecule has 1 saturated carbocycles. The minimum Gasteiger partial charge on any atom is -0.234 e. The number of pyridine rings is 1. The summed E-state index contributed by atoms with van der Waals surface area (Å²) in [5, 5.41) is 4.47. The van der Waals surface area contributed by atoms with Crippen LogP contribution in [0, 0.1) is 0 Å². The Morgan fingerprint density at radius 1 is 1.38 bits per heavy atom. The van der Waals surface area contributed by atoms with Gasteiger partial charge in [-0.2, -0.15) is 9.50 Å². The van der Waals surface area contributed by atoms with Gasteiger partial charge in [-0.1, -0.05) is 0 Å². The SMILES string of the molecule is CC(C)(C)[S@@](=O)N=Cc1cc2cc(C3CC3)cc(Br)n2n1. The molecule has 21 heavy (non-hydrogen) atoms. The number of halogens is 1. The zero-order chi connectivity index (χ0) is 15.2. The highest BCUT2D eigenvalue weighted by Crippen LogP contribution is 2.41. The zero-order valence-corrected chi connectivity index (χ0v) is 14.7. The first-order chi connectivity index (χ1) is 9.84. The van der Waals surface area contributed by atoms with Gasteiger partial charge < -0.3 is 0 Å². The molecule has 1 aliphatic rings. The van der Waals surface area contributed by atoms with E-state index >= 15 is 0 Å². The summed E-state index contributed by atoms with van der Waals surface area (Å²) < 4.78 is 18.5. The zero-order valence-electron chi connectivity index (χ0n) is 12.3. The largest absolute Gasteiger partial charge is 0.234 e. The fourth-order valence-corrected chi connectivity index (χ4v) is 3.14. The van der Waals surface area contributed by atoms with E-state index < -0.39 is 11.0 Å². The van der Waals surface area contributed by atoms with Crippen LogP contribution in [0.1, 0.15) is 50.8 Å². The van der Waals surface area contributed by atoms with E-state index in [4.69, 9.17) is 0 Å². The van der Waals surface area contributed by atoms with Crippen molar-refractivity contribution in [2.45, 2.75) is 44.3 Å². The molecule has 0 saturated heterocycles. The van der Waals surface area contributed by atoms with E-state index in [0.717, 1.165) is 15.8 Å². The van der Waals surface area contributed by atoms with Gasteiger partial charge in [-0.3, -0.25) is 0 Å². The molecule has 2 heterocycles. The van der Waals surface area contributed by atoms with Crippen LogP contribution >= 0.6 is 15.9 Å². The highest BCUT2D eigenvalue weighted by atomic mass is 79.9. The van der Waals surface area contributed by atoms with Gasteiger partial charge in [-0.15, -0.1) is 0 Å². The lowest BCUT2D eigenvalue weighted by atomic mass is 10.1. The molecule has 0 N–H and O–H groups in total. The summed E-state index contributed by atoms with van der Waals surface area (Å²) in [4.78, 5) is 0. The minimum atomic E-state index is -1.26. The van der Waals surface area contributed by atoms with Crippen LogP contribution in [0.5, 0.6) is 0 Å². The molecule has 3 rings (SSSR count). The van der Waals surface area contributed by atoms with Gasteiger partial charge in [0.25, 0.3) is 0 Å². The molecule has 112 valence electrons. The van der Waals surface area contributed by atoms with Gasteiger partial charge >= 0.3 is 0 Å². The first-order valence-corrected chi connectivity index (χ1v) is 8.90. The van der Waals surface area contributed by atoms with Gasteiger partial charge in [0.05, 0.1) is 16.5 Å². The summed E-state index contributed by atoms with van der Waals surface area (Å²) in [6.07, 6.45) is 4.14. The lowest BCUT2D eigenvalue weighted by Gasteiger charge is -2.12. The minimum absolute atomic E-state index is 0.352. The van der Waals surface area contributed by atoms with Crippen LogP contribution in [0.2, 0.25) is 0 Å². The summed E-state index contributed by atoms with van der Waals surface area (Å²) in [6, 6.07) is 6.28. The molecule has 0 radical (unpaired) electrons.